The minimum absolute atomic E-state index is 0.225. The number of carbonyl (C=O) groups is 2. The fraction of sp³-hybridized carbons (Fsp3) is 0.412. The van der Waals surface area contributed by atoms with E-state index in [1.54, 1.807) is 14.0 Å². The Labute approximate surface area is 130 Å². The Bertz CT molecular complexity index is 676. The zero-order valence-corrected chi connectivity index (χ0v) is 13.2. The van der Waals surface area contributed by atoms with Crippen LogP contribution in [0, 0.1) is 5.92 Å². The molecule has 1 aromatic carbocycles. The third kappa shape index (κ3) is 3.47. The van der Waals surface area contributed by atoms with E-state index in [0.29, 0.717) is 19.4 Å². The highest BCUT2D eigenvalue weighted by atomic mass is 16.5. The number of carbonyl (C=O) groups excluding carboxylic acids is 2. The van der Waals surface area contributed by atoms with Crippen molar-refractivity contribution in [2.24, 2.45) is 5.92 Å². The van der Waals surface area contributed by atoms with Crippen LogP contribution in [-0.2, 0) is 16.0 Å². The van der Waals surface area contributed by atoms with Gasteiger partial charge in [-0.05, 0) is 36.6 Å². The predicted molar refractivity (Wildman–Crippen MR) is 86.0 cm³/mol. The van der Waals surface area contributed by atoms with Gasteiger partial charge in [-0.25, -0.2) is 0 Å². The zero-order valence-electron chi connectivity index (χ0n) is 13.2. The van der Waals surface area contributed by atoms with E-state index in [1.807, 2.05) is 31.3 Å². The number of ketones is 1. The first-order valence-corrected chi connectivity index (χ1v) is 7.52. The third-order valence-corrected chi connectivity index (χ3v) is 3.94. The Morgan fingerprint density at radius 3 is 2.82 bits per heavy atom. The molecule has 0 saturated heterocycles. The Morgan fingerprint density at radius 2 is 2.14 bits per heavy atom. The van der Waals surface area contributed by atoms with E-state index in [4.69, 9.17) is 4.74 Å². The van der Waals surface area contributed by atoms with Gasteiger partial charge < -0.3 is 15.0 Å². The first kappa shape index (κ1) is 16.1. The number of aromatic nitrogens is 1. The van der Waals surface area contributed by atoms with Crippen molar-refractivity contribution < 1.29 is 14.3 Å². The second-order valence-electron chi connectivity index (χ2n) is 5.40. The first-order valence-electron chi connectivity index (χ1n) is 7.52. The van der Waals surface area contributed by atoms with Crippen LogP contribution in [0.5, 0.6) is 5.75 Å². The van der Waals surface area contributed by atoms with Gasteiger partial charge in [0.05, 0.1) is 7.11 Å². The Hall–Kier alpha value is -2.30. The highest BCUT2D eigenvalue weighted by Gasteiger charge is 2.19. The molecule has 22 heavy (non-hydrogen) atoms. The quantitative estimate of drug-likeness (QED) is 0.772. The van der Waals surface area contributed by atoms with Gasteiger partial charge in [0.2, 0.25) is 5.78 Å². The topological polar surface area (TPSA) is 71.2 Å². The molecule has 1 amide bonds. The summed E-state index contributed by atoms with van der Waals surface area (Å²) < 4.78 is 5.23. The summed E-state index contributed by atoms with van der Waals surface area (Å²) in [7, 11) is 1.63. The molecule has 0 spiro atoms. The highest BCUT2D eigenvalue weighted by molar-refractivity contribution is 6.36. The summed E-state index contributed by atoms with van der Waals surface area (Å²) in [6.07, 6.45) is 3.26. The van der Waals surface area contributed by atoms with Gasteiger partial charge in [-0.3, -0.25) is 9.59 Å². The van der Waals surface area contributed by atoms with E-state index in [9.17, 15) is 9.59 Å². The second kappa shape index (κ2) is 7.11. The van der Waals surface area contributed by atoms with Gasteiger partial charge in [0.25, 0.3) is 5.91 Å². The number of benzene rings is 1. The molecule has 2 rings (SSSR count). The van der Waals surface area contributed by atoms with Crippen LogP contribution in [0.15, 0.2) is 24.4 Å². The Kier molecular flexibility index (Phi) is 5.20. The summed E-state index contributed by atoms with van der Waals surface area (Å²) in [4.78, 5) is 26.7. The number of fused-ring (bicyclic) bond motifs is 1. The molecule has 1 atom stereocenters. The number of nitrogens with one attached hydrogen (secondary N) is 2. The van der Waals surface area contributed by atoms with Crippen LogP contribution in [0.25, 0.3) is 10.9 Å². The largest absolute Gasteiger partial charge is 0.497 e. The predicted octanol–water partition coefficient (Wildman–Crippen LogP) is 2.45. The maximum atomic E-state index is 11.7. The summed E-state index contributed by atoms with van der Waals surface area (Å²) in [5, 5.41) is 3.77. The molecule has 2 aromatic rings. The van der Waals surface area contributed by atoms with Crippen molar-refractivity contribution >= 4 is 22.6 Å². The number of ether oxygens (including phenoxy) is 1. The molecule has 5 heteroatoms. The van der Waals surface area contributed by atoms with Gasteiger partial charge in [-0.15, -0.1) is 0 Å². The maximum Gasteiger partial charge on any atom is 0.287 e. The summed E-state index contributed by atoms with van der Waals surface area (Å²) in [6.45, 7) is 4.11. The van der Waals surface area contributed by atoms with Crippen molar-refractivity contribution in [2.45, 2.75) is 26.7 Å². The number of rotatable bonds is 7. The number of H-pyrrole nitrogens is 1. The second-order valence-corrected chi connectivity index (χ2v) is 5.40. The van der Waals surface area contributed by atoms with Crippen LogP contribution in [0.2, 0.25) is 0 Å². The minimum atomic E-state index is -0.494. The molecule has 0 fully saturated rings. The van der Waals surface area contributed by atoms with Gasteiger partial charge >= 0.3 is 0 Å². The Balaban J connectivity index is 1.97. The maximum absolute atomic E-state index is 11.7. The van der Waals surface area contributed by atoms with Crippen molar-refractivity contribution in [2.75, 3.05) is 13.7 Å². The minimum Gasteiger partial charge on any atom is -0.497 e. The Morgan fingerprint density at radius 1 is 1.36 bits per heavy atom. The molecule has 0 bridgehead atoms. The molecule has 0 aliphatic carbocycles. The summed E-state index contributed by atoms with van der Waals surface area (Å²) in [5.74, 6) is -0.267. The van der Waals surface area contributed by atoms with E-state index in [0.717, 1.165) is 22.2 Å². The number of aromatic amines is 1. The highest BCUT2D eigenvalue weighted by Crippen LogP contribution is 2.23. The van der Waals surface area contributed by atoms with Crippen LogP contribution in [0.3, 0.4) is 0 Å². The fourth-order valence-corrected chi connectivity index (χ4v) is 2.30. The lowest BCUT2D eigenvalue weighted by Crippen LogP contribution is -2.35. The van der Waals surface area contributed by atoms with Crippen LogP contribution >= 0.6 is 0 Å². The molecule has 1 aromatic heterocycles. The number of Topliss-reactive ketones (excluding diaryl/α,β-unsaturated/α-hetero) is 1. The zero-order chi connectivity index (χ0) is 16.1. The first-order chi connectivity index (χ1) is 10.6. The van der Waals surface area contributed by atoms with Gasteiger partial charge in [0.1, 0.15) is 5.75 Å². The SMILES string of the molecule is CCC(C)C(=O)C(=O)NCCc1c[nH]c2ccc(OC)cc12. The molecular weight excluding hydrogens is 280 g/mol. The van der Waals surface area contributed by atoms with Gasteiger partial charge in [0.15, 0.2) is 0 Å². The lowest BCUT2D eigenvalue weighted by Gasteiger charge is -2.08. The molecule has 118 valence electrons. The number of hydrogen-bond donors (Lipinski definition) is 2. The van der Waals surface area contributed by atoms with E-state index in [1.165, 1.54) is 0 Å². The van der Waals surface area contributed by atoms with Crippen LogP contribution < -0.4 is 10.1 Å². The molecule has 0 radical (unpaired) electrons. The lowest BCUT2D eigenvalue weighted by molar-refractivity contribution is -0.140. The molecule has 0 aliphatic heterocycles. The normalized spacial score (nSPS) is 12.1. The number of amides is 1. The van der Waals surface area contributed by atoms with E-state index >= 15 is 0 Å². The standard InChI is InChI=1S/C17H22N2O3/c1-4-11(2)16(20)17(21)18-8-7-12-10-19-15-6-5-13(22-3)9-14(12)15/h5-6,9-11,19H,4,7-8H2,1-3H3,(H,18,21). The van der Waals surface area contributed by atoms with Crippen molar-refractivity contribution in [3.05, 3.63) is 30.0 Å². The lowest BCUT2D eigenvalue weighted by atomic mass is 10.0. The van der Waals surface area contributed by atoms with E-state index in [-0.39, 0.29) is 11.7 Å². The summed E-state index contributed by atoms with van der Waals surface area (Å²) in [5.41, 5.74) is 2.11. The van der Waals surface area contributed by atoms with Crippen molar-refractivity contribution in [1.29, 1.82) is 0 Å². The number of hydrogen-bond acceptors (Lipinski definition) is 3. The summed E-state index contributed by atoms with van der Waals surface area (Å²) >= 11 is 0. The van der Waals surface area contributed by atoms with Crippen LogP contribution in [0.1, 0.15) is 25.8 Å². The fourth-order valence-electron chi connectivity index (χ4n) is 2.30. The van der Waals surface area contributed by atoms with Crippen molar-refractivity contribution in [3.63, 3.8) is 0 Å². The number of methoxy groups -OCH3 is 1. The molecule has 0 aliphatic rings. The smallest absolute Gasteiger partial charge is 0.287 e. The van der Waals surface area contributed by atoms with Gasteiger partial charge in [0, 0.05) is 29.6 Å². The molecule has 0 saturated carbocycles. The molecule has 5 nitrogen and oxygen atoms in total. The van der Waals surface area contributed by atoms with Crippen molar-refractivity contribution in [3.8, 4) is 5.75 Å². The monoisotopic (exact) mass is 302 g/mol. The van der Waals surface area contributed by atoms with Crippen LogP contribution in [0.4, 0.5) is 0 Å². The molecule has 1 unspecified atom stereocenters. The molecule has 1 heterocycles. The molecule has 2 N–H and O–H groups in total. The third-order valence-electron chi connectivity index (χ3n) is 3.94. The van der Waals surface area contributed by atoms with Crippen LogP contribution in [-0.4, -0.2) is 30.3 Å². The van der Waals surface area contributed by atoms with E-state index < -0.39 is 5.91 Å². The molecular formula is C17H22N2O3. The van der Waals surface area contributed by atoms with Gasteiger partial charge in [-0.2, -0.15) is 0 Å². The van der Waals surface area contributed by atoms with E-state index in [2.05, 4.69) is 10.3 Å². The van der Waals surface area contributed by atoms with Gasteiger partial charge in [-0.1, -0.05) is 13.8 Å². The average Bonchev–Trinajstić information content (AvgIpc) is 2.95. The van der Waals surface area contributed by atoms with Crippen molar-refractivity contribution in [1.82, 2.24) is 10.3 Å². The average molecular weight is 302 g/mol. The summed E-state index contributed by atoms with van der Waals surface area (Å²) in [6, 6.07) is 5.82.